The third-order valence-electron chi connectivity index (χ3n) is 4.02. The second-order valence-electron chi connectivity index (χ2n) is 5.22. The predicted octanol–water partition coefficient (Wildman–Crippen LogP) is -1.46. The lowest BCUT2D eigenvalue weighted by Gasteiger charge is -2.15. The Hall–Kier alpha value is -2.09. The maximum absolute atomic E-state index is 11.7. The van der Waals surface area contributed by atoms with Gasteiger partial charge in [0.15, 0.2) is 6.10 Å². The lowest BCUT2D eigenvalue weighted by molar-refractivity contribution is -0.153. The van der Waals surface area contributed by atoms with Crippen LogP contribution >= 0.6 is 0 Å². The number of aliphatic hydroxyl groups excluding tert-OH is 2. The molecule has 21 heavy (non-hydrogen) atoms. The molecule has 7 heteroatoms. The molecular weight excluding hydrogens is 280 g/mol. The number of aldehydes is 1. The van der Waals surface area contributed by atoms with E-state index >= 15 is 0 Å². The van der Waals surface area contributed by atoms with Gasteiger partial charge in [-0.1, -0.05) is 24.3 Å². The minimum atomic E-state index is -1.95. The van der Waals surface area contributed by atoms with Crippen LogP contribution in [0.25, 0.3) is 0 Å². The first kappa shape index (κ1) is 13.9. The molecule has 1 saturated carbocycles. The fraction of sp³-hybridized carbons (Fsp3) is 0.357. The molecule has 3 rings (SSSR count). The topological polar surface area (TPSA) is 121 Å². The van der Waals surface area contributed by atoms with Gasteiger partial charge in [-0.15, -0.1) is 0 Å². The summed E-state index contributed by atoms with van der Waals surface area (Å²) in [4.78, 5) is 33.5. The van der Waals surface area contributed by atoms with Crippen LogP contribution in [0.15, 0.2) is 24.3 Å². The standard InChI is InChI=1S/C14H12O7/c15-5-6-1-3-7(4-2-6)8-11(18)14(8,20)12-9(16)10(17)13(19)21-12/h1-5,8,10-12,17-18,20H/t8?,10?,11?,12-,14-/m0/s1. The first-order chi connectivity index (χ1) is 9.91. The third-order valence-corrected chi connectivity index (χ3v) is 4.02. The molecule has 0 bridgehead atoms. The second-order valence-corrected chi connectivity index (χ2v) is 5.22. The Morgan fingerprint density at radius 1 is 1.14 bits per heavy atom. The van der Waals surface area contributed by atoms with Crippen molar-refractivity contribution < 1.29 is 34.4 Å². The summed E-state index contributed by atoms with van der Waals surface area (Å²) in [5, 5.41) is 29.6. The highest BCUT2D eigenvalue weighted by atomic mass is 16.6. The van der Waals surface area contributed by atoms with Crippen LogP contribution < -0.4 is 0 Å². The van der Waals surface area contributed by atoms with Gasteiger partial charge in [-0.05, 0) is 5.56 Å². The number of aliphatic hydroxyl groups is 3. The molecule has 1 aliphatic heterocycles. The molecule has 0 spiro atoms. The molecule has 1 aromatic rings. The highest BCUT2D eigenvalue weighted by molar-refractivity contribution is 6.10. The van der Waals surface area contributed by atoms with E-state index in [-0.39, 0.29) is 0 Å². The number of esters is 1. The molecule has 1 heterocycles. The van der Waals surface area contributed by atoms with E-state index in [1.54, 1.807) is 0 Å². The maximum Gasteiger partial charge on any atom is 0.343 e. The Labute approximate surface area is 118 Å². The van der Waals surface area contributed by atoms with E-state index in [2.05, 4.69) is 4.74 Å². The van der Waals surface area contributed by atoms with Crippen molar-refractivity contribution in [3.05, 3.63) is 35.4 Å². The first-order valence-electron chi connectivity index (χ1n) is 6.29. The van der Waals surface area contributed by atoms with E-state index in [0.29, 0.717) is 17.4 Å². The van der Waals surface area contributed by atoms with Crippen molar-refractivity contribution in [3.63, 3.8) is 0 Å². The Balaban J connectivity index is 1.88. The quantitative estimate of drug-likeness (QED) is 0.354. The fourth-order valence-corrected chi connectivity index (χ4v) is 2.75. The van der Waals surface area contributed by atoms with Crippen LogP contribution in [0.4, 0.5) is 0 Å². The summed E-state index contributed by atoms with van der Waals surface area (Å²) in [5.41, 5.74) is -1.02. The molecule has 110 valence electrons. The van der Waals surface area contributed by atoms with Crippen LogP contribution in [0.2, 0.25) is 0 Å². The number of Topliss-reactive ketones (excluding diaryl/α,β-unsaturated/α-hetero) is 1. The smallest absolute Gasteiger partial charge is 0.343 e. The number of cyclic esters (lactones) is 1. The van der Waals surface area contributed by atoms with Crippen molar-refractivity contribution in [2.24, 2.45) is 0 Å². The van der Waals surface area contributed by atoms with Crippen LogP contribution in [-0.4, -0.2) is 57.3 Å². The summed E-state index contributed by atoms with van der Waals surface area (Å²) < 4.78 is 4.68. The SMILES string of the molecule is O=Cc1ccc(C2C(O)[C@]2(O)[C@H]2OC(=O)C(O)C2=O)cc1. The van der Waals surface area contributed by atoms with Gasteiger partial charge in [-0.3, -0.25) is 9.59 Å². The third kappa shape index (κ3) is 1.82. The Bertz CT molecular complexity index is 623. The molecule has 0 radical (unpaired) electrons. The summed E-state index contributed by atoms with van der Waals surface area (Å²) in [6.07, 6.45) is -4.17. The maximum atomic E-state index is 11.7. The van der Waals surface area contributed by atoms with Crippen LogP contribution in [0.1, 0.15) is 21.8 Å². The Morgan fingerprint density at radius 2 is 1.76 bits per heavy atom. The summed E-state index contributed by atoms with van der Waals surface area (Å²) in [5.74, 6) is -2.92. The largest absolute Gasteiger partial charge is 0.449 e. The van der Waals surface area contributed by atoms with Gasteiger partial charge >= 0.3 is 5.97 Å². The molecule has 3 N–H and O–H groups in total. The zero-order chi connectivity index (χ0) is 15.4. The van der Waals surface area contributed by atoms with Crippen LogP contribution in [-0.2, 0) is 14.3 Å². The van der Waals surface area contributed by atoms with Crippen LogP contribution in [0.3, 0.4) is 0 Å². The van der Waals surface area contributed by atoms with Crippen molar-refractivity contribution in [2.75, 3.05) is 0 Å². The first-order valence-corrected chi connectivity index (χ1v) is 6.29. The van der Waals surface area contributed by atoms with Gasteiger partial charge in [-0.25, -0.2) is 4.79 Å². The molecular formula is C14H12O7. The summed E-state index contributed by atoms with van der Waals surface area (Å²) in [6.45, 7) is 0. The summed E-state index contributed by atoms with van der Waals surface area (Å²) in [6, 6.07) is 6.08. The number of hydrogen-bond acceptors (Lipinski definition) is 7. The normalized spacial score (nSPS) is 38.2. The van der Waals surface area contributed by atoms with Gasteiger partial charge in [0.25, 0.3) is 0 Å². The minimum Gasteiger partial charge on any atom is -0.449 e. The predicted molar refractivity (Wildman–Crippen MR) is 66.4 cm³/mol. The van der Waals surface area contributed by atoms with Gasteiger partial charge in [0.1, 0.15) is 11.9 Å². The summed E-state index contributed by atoms with van der Waals surface area (Å²) >= 11 is 0. The zero-order valence-electron chi connectivity index (χ0n) is 10.7. The van der Waals surface area contributed by atoms with Crippen molar-refractivity contribution >= 4 is 18.0 Å². The molecule has 2 aliphatic rings. The number of ketones is 1. The molecule has 1 saturated heterocycles. The van der Waals surface area contributed by atoms with Gasteiger partial charge in [0.2, 0.25) is 11.9 Å². The molecule has 1 aromatic carbocycles. The van der Waals surface area contributed by atoms with Crippen LogP contribution in [0, 0.1) is 0 Å². The van der Waals surface area contributed by atoms with Gasteiger partial charge in [-0.2, -0.15) is 0 Å². The van der Waals surface area contributed by atoms with E-state index in [4.69, 9.17) is 0 Å². The lowest BCUT2D eigenvalue weighted by atomic mass is 10.00. The number of carbonyl (C=O) groups is 3. The second kappa shape index (κ2) is 4.45. The summed E-state index contributed by atoms with van der Waals surface area (Å²) in [7, 11) is 0. The van der Waals surface area contributed by atoms with Crippen molar-refractivity contribution in [3.8, 4) is 0 Å². The zero-order valence-corrected chi connectivity index (χ0v) is 10.7. The van der Waals surface area contributed by atoms with E-state index in [1.165, 1.54) is 24.3 Å². The Morgan fingerprint density at radius 3 is 2.24 bits per heavy atom. The minimum absolute atomic E-state index is 0.427. The van der Waals surface area contributed by atoms with E-state index in [0.717, 1.165) is 0 Å². The van der Waals surface area contributed by atoms with Crippen LogP contribution in [0.5, 0.6) is 0 Å². The van der Waals surface area contributed by atoms with E-state index in [9.17, 15) is 29.7 Å². The highest BCUT2D eigenvalue weighted by Gasteiger charge is 2.73. The van der Waals surface area contributed by atoms with Gasteiger partial charge in [0.05, 0.1) is 6.10 Å². The monoisotopic (exact) mass is 292 g/mol. The molecule has 5 atom stereocenters. The number of hydrogen-bond donors (Lipinski definition) is 3. The van der Waals surface area contributed by atoms with Crippen molar-refractivity contribution in [1.29, 1.82) is 0 Å². The molecule has 0 amide bonds. The molecule has 1 aliphatic carbocycles. The van der Waals surface area contributed by atoms with Crippen molar-refractivity contribution in [2.45, 2.75) is 29.8 Å². The van der Waals surface area contributed by atoms with Crippen molar-refractivity contribution in [1.82, 2.24) is 0 Å². The molecule has 2 fully saturated rings. The fourth-order valence-electron chi connectivity index (χ4n) is 2.75. The molecule has 0 aromatic heterocycles. The number of benzene rings is 1. The molecule has 3 unspecified atom stereocenters. The highest BCUT2D eigenvalue weighted by Crippen LogP contribution is 2.55. The number of rotatable bonds is 3. The Kier molecular flexibility index (Phi) is 2.94. The van der Waals surface area contributed by atoms with E-state index < -0.39 is 41.6 Å². The average molecular weight is 292 g/mol. The lowest BCUT2D eigenvalue weighted by Crippen LogP contribution is -2.39. The van der Waals surface area contributed by atoms with E-state index in [1.807, 2.05) is 0 Å². The number of carbonyl (C=O) groups excluding carboxylic acids is 3. The van der Waals surface area contributed by atoms with Gasteiger partial charge in [0, 0.05) is 11.5 Å². The number of ether oxygens (including phenoxy) is 1. The van der Waals surface area contributed by atoms with Gasteiger partial charge < -0.3 is 20.1 Å². The molecule has 7 nitrogen and oxygen atoms in total. The average Bonchev–Trinajstić information content (AvgIpc) is 2.94.